The second kappa shape index (κ2) is 4.67. The number of furan rings is 1. The van der Waals surface area contributed by atoms with Crippen LogP contribution in [0.1, 0.15) is 16.1 Å². The molecule has 0 aliphatic heterocycles. The van der Waals surface area contributed by atoms with Gasteiger partial charge in [0.05, 0.1) is 12.8 Å². The van der Waals surface area contributed by atoms with Crippen molar-refractivity contribution >= 4 is 11.6 Å². The first-order valence-corrected chi connectivity index (χ1v) is 5.82. The lowest BCUT2D eigenvalue weighted by molar-refractivity contribution is 0.0924. The van der Waals surface area contributed by atoms with Crippen LogP contribution in [0.2, 0.25) is 0 Å². The number of carbonyl (C=O) groups excluding carboxylic acids is 1. The van der Waals surface area contributed by atoms with Crippen molar-refractivity contribution in [3.63, 3.8) is 0 Å². The number of rotatable bonds is 3. The molecule has 3 rings (SSSR count). The number of pyridine rings is 1. The van der Waals surface area contributed by atoms with Gasteiger partial charge in [0, 0.05) is 11.8 Å². The minimum atomic E-state index is -0.554. The highest BCUT2D eigenvalue weighted by Crippen LogP contribution is 2.11. The lowest BCUT2D eigenvalue weighted by Gasteiger charge is -2.00. The second-order valence-electron chi connectivity index (χ2n) is 4.12. The Kier molecular flexibility index (Phi) is 2.84. The third-order valence-corrected chi connectivity index (χ3v) is 2.89. The number of hydrogen-bond donors (Lipinski definition) is 2. The maximum absolute atomic E-state index is 12.1. The molecule has 0 aromatic carbocycles. The molecule has 0 radical (unpaired) electrons. The Balaban J connectivity index is 2.02. The molecule has 8 heteroatoms. The van der Waals surface area contributed by atoms with Crippen LogP contribution in [0.15, 0.2) is 45.9 Å². The van der Waals surface area contributed by atoms with Crippen LogP contribution in [0.4, 0.5) is 0 Å². The van der Waals surface area contributed by atoms with Gasteiger partial charge in [0.15, 0.2) is 11.4 Å². The minimum absolute atomic E-state index is 0.0662. The fourth-order valence-electron chi connectivity index (χ4n) is 1.96. The van der Waals surface area contributed by atoms with E-state index in [2.05, 4.69) is 5.10 Å². The molecule has 0 aliphatic carbocycles. The number of hydrogen-bond acceptors (Lipinski definition) is 5. The SMILES string of the molecule is NNC(=O)c1occc1Cn1nc2ccccn2c1=O. The Labute approximate surface area is 112 Å². The lowest BCUT2D eigenvalue weighted by atomic mass is 10.2. The third-order valence-electron chi connectivity index (χ3n) is 2.89. The molecule has 0 saturated heterocycles. The number of nitrogen functional groups attached to an aromatic ring is 1. The van der Waals surface area contributed by atoms with Crippen LogP contribution in [-0.4, -0.2) is 20.1 Å². The van der Waals surface area contributed by atoms with E-state index in [9.17, 15) is 9.59 Å². The van der Waals surface area contributed by atoms with E-state index >= 15 is 0 Å². The number of nitrogens with one attached hydrogen (secondary N) is 1. The van der Waals surface area contributed by atoms with Crippen molar-refractivity contribution < 1.29 is 9.21 Å². The number of carbonyl (C=O) groups is 1. The summed E-state index contributed by atoms with van der Waals surface area (Å²) in [5, 5.41) is 4.18. The largest absolute Gasteiger partial charge is 0.459 e. The number of amides is 1. The topological polar surface area (TPSA) is 108 Å². The van der Waals surface area contributed by atoms with Crippen molar-refractivity contribution in [3.05, 3.63) is 58.5 Å². The fraction of sp³-hybridized carbons (Fsp3) is 0.0833. The first-order chi connectivity index (χ1) is 9.70. The van der Waals surface area contributed by atoms with E-state index in [1.165, 1.54) is 15.3 Å². The van der Waals surface area contributed by atoms with E-state index in [0.29, 0.717) is 11.2 Å². The van der Waals surface area contributed by atoms with Crippen molar-refractivity contribution in [1.29, 1.82) is 0 Å². The zero-order valence-electron chi connectivity index (χ0n) is 10.3. The van der Waals surface area contributed by atoms with Crippen molar-refractivity contribution in [3.8, 4) is 0 Å². The van der Waals surface area contributed by atoms with Crippen molar-refractivity contribution in [2.45, 2.75) is 6.54 Å². The molecule has 20 heavy (non-hydrogen) atoms. The summed E-state index contributed by atoms with van der Waals surface area (Å²) in [5.41, 5.74) is 2.76. The van der Waals surface area contributed by atoms with E-state index in [1.807, 2.05) is 5.43 Å². The summed E-state index contributed by atoms with van der Waals surface area (Å²) in [5.74, 6) is 4.58. The van der Waals surface area contributed by atoms with E-state index in [0.717, 1.165) is 0 Å². The highest BCUT2D eigenvalue weighted by molar-refractivity contribution is 5.92. The van der Waals surface area contributed by atoms with Crippen molar-refractivity contribution in [2.24, 2.45) is 5.84 Å². The summed E-state index contributed by atoms with van der Waals surface area (Å²) >= 11 is 0. The van der Waals surface area contributed by atoms with Gasteiger partial charge in [-0.3, -0.25) is 14.6 Å². The average molecular weight is 273 g/mol. The first-order valence-electron chi connectivity index (χ1n) is 5.82. The van der Waals surface area contributed by atoms with E-state index in [-0.39, 0.29) is 18.0 Å². The van der Waals surface area contributed by atoms with Gasteiger partial charge in [-0.1, -0.05) is 6.07 Å². The Bertz CT molecular complexity index is 829. The molecule has 3 aromatic heterocycles. The Morgan fingerprint density at radius 2 is 2.25 bits per heavy atom. The van der Waals surface area contributed by atoms with Crippen LogP contribution in [0, 0.1) is 0 Å². The lowest BCUT2D eigenvalue weighted by Crippen LogP contribution is -2.31. The highest BCUT2D eigenvalue weighted by Gasteiger charge is 2.16. The van der Waals surface area contributed by atoms with Gasteiger partial charge >= 0.3 is 11.6 Å². The van der Waals surface area contributed by atoms with E-state index in [4.69, 9.17) is 10.3 Å². The molecule has 102 valence electrons. The molecule has 0 spiro atoms. The van der Waals surface area contributed by atoms with Crippen LogP contribution in [0.3, 0.4) is 0 Å². The van der Waals surface area contributed by atoms with Gasteiger partial charge < -0.3 is 4.42 Å². The molecule has 3 heterocycles. The van der Waals surface area contributed by atoms with Crippen molar-refractivity contribution in [2.75, 3.05) is 0 Å². The van der Waals surface area contributed by atoms with Gasteiger partial charge in [0.25, 0.3) is 0 Å². The number of aromatic nitrogens is 3. The first kappa shape index (κ1) is 12.2. The third kappa shape index (κ3) is 1.88. The van der Waals surface area contributed by atoms with Gasteiger partial charge in [-0.25, -0.2) is 15.3 Å². The van der Waals surface area contributed by atoms with Crippen LogP contribution in [-0.2, 0) is 6.54 Å². The normalized spacial score (nSPS) is 10.8. The zero-order valence-corrected chi connectivity index (χ0v) is 10.3. The maximum atomic E-state index is 12.1. The smallest absolute Gasteiger partial charge is 0.350 e. The Hall–Kier alpha value is -2.87. The maximum Gasteiger partial charge on any atom is 0.350 e. The summed E-state index contributed by atoms with van der Waals surface area (Å²) in [4.78, 5) is 23.6. The quantitative estimate of drug-likeness (QED) is 0.388. The number of hydrazine groups is 1. The summed E-state index contributed by atoms with van der Waals surface area (Å²) < 4.78 is 7.74. The molecule has 1 amide bonds. The monoisotopic (exact) mass is 273 g/mol. The molecule has 0 unspecified atom stereocenters. The fourth-order valence-corrected chi connectivity index (χ4v) is 1.96. The molecule has 3 N–H and O–H groups in total. The van der Waals surface area contributed by atoms with Crippen LogP contribution >= 0.6 is 0 Å². The number of nitrogens with zero attached hydrogens (tertiary/aromatic N) is 3. The predicted octanol–water partition coefficient (Wildman–Crippen LogP) is -0.259. The molecular formula is C12H11N5O3. The molecule has 8 nitrogen and oxygen atoms in total. The molecule has 0 saturated carbocycles. The Morgan fingerprint density at radius 1 is 1.40 bits per heavy atom. The molecule has 0 aliphatic rings. The average Bonchev–Trinajstić information content (AvgIpc) is 3.05. The predicted molar refractivity (Wildman–Crippen MR) is 68.9 cm³/mol. The summed E-state index contributed by atoms with van der Waals surface area (Å²) in [6.45, 7) is 0.125. The Morgan fingerprint density at radius 3 is 3.00 bits per heavy atom. The molecular weight excluding hydrogens is 262 g/mol. The number of fused-ring (bicyclic) bond motifs is 1. The number of nitrogens with two attached hydrogens (primary N) is 1. The highest BCUT2D eigenvalue weighted by atomic mass is 16.3. The van der Waals surface area contributed by atoms with Crippen molar-refractivity contribution in [1.82, 2.24) is 19.6 Å². The van der Waals surface area contributed by atoms with E-state index < -0.39 is 5.91 Å². The molecule has 0 fully saturated rings. The van der Waals surface area contributed by atoms with Gasteiger partial charge in [-0.15, -0.1) is 5.10 Å². The molecule has 3 aromatic rings. The van der Waals surface area contributed by atoms with Gasteiger partial charge in [0.2, 0.25) is 0 Å². The van der Waals surface area contributed by atoms with E-state index in [1.54, 1.807) is 30.5 Å². The van der Waals surface area contributed by atoms with Crippen LogP contribution in [0.5, 0.6) is 0 Å². The van der Waals surface area contributed by atoms with Gasteiger partial charge in [-0.05, 0) is 18.2 Å². The minimum Gasteiger partial charge on any atom is -0.459 e. The van der Waals surface area contributed by atoms with Gasteiger partial charge in [0.1, 0.15) is 0 Å². The zero-order chi connectivity index (χ0) is 14.1. The van der Waals surface area contributed by atoms with Crippen LogP contribution in [0.25, 0.3) is 5.65 Å². The molecule has 0 bridgehead atoms. The standard InChI is InChI=1S/C12H11N5O3/c13-14-11(18)10-8(4-6-20-10)7-17-12(19)16-5-2-1-3-9(16)15-17/h1-6H,7,13H2,(H,14,18). The molecule has 0 atom stereocenters. The summed E-state index contributed by atoms with van der Waals surface area (Å²) in [6.07, 6.45) is 2.99. The van der Waals surface area contributed by atoms with Crippen LogP contribution < -0.4 is 17.0 Å². The summed E-state index contributed by atoms with van der Waals surface area (Å²) in [6, 6.07) is 6.85. The second-order valence-corrected chi connectivity index (χ2v) is 4.12. The summed E-state index contributed by atoms with van der Waals surface area (Å²) in [7, 11) is 0. The van der Waals surface area contributed by atoms with Gasteiger partial charge in [-0.2, -0.15) is 0 Å².